The number of alkyl halides is 3. The summed E-state index contributed by atoms with van der Waals surface area (Å²) in [6.07, 6.45) is 2.92. The Morgan fingerprint density at radius 2 is 1.96 bits per heavy atom. The molecule has 1 heterocycles. The number of nitrogens with zero attached hydrogens (tertiary/aromatic N) is 1. The fraction of sp³-hybridized carbons (Fsp3) is 0.722. The number of rotatable bonds is 9. The van der Waals surface area contributed by atoms with Crippen molar-refractivity contribution < 1.29 is 19.1 Å². The summed E-state index contributed by atoms with van der Waals surface area (Å²) in [5.41, 5.74) is 0. The first kappa shape index (κ1) is 24.1. The molecule has 0 fully saturated rings. The standard InChI is InChI=1S/C18H27Cl3N2O4/c1-5-6-15(24)22-12(7-8-18(19,20)21)17(26)23-13(9-11(2)3)14(27-4)10-16(23)25/h10-13H,5-9H2,1-4H3,(H,22,24). The van der Waals surface area contributed by atoms with Crippen LogP contribution in [0.5, 0.6) is 0 Å². The first-order valence-corrected chi connectivity index (χ1v) is 10.1. The van der Waals surface area contributed by atoms with Gasteiger partial charge in [0.2, 0.25) is 5.91 Å². The highest BCUT2D eigenvalue weighted by Gasteiger charge is 2.41. The molecule has 1 N–H and O–H groups in total. The van der Waals surface area contributed by atoms with Crippen molar-refractivity contribution in [3.05, 3.63) is 11.8 Å². The monoisotopic (exact) mass is 440 g/mol. The second kappa shape index (κ2) is 10.5. The zero-order valence-electron chi connectivity index (χ0n) is 16.1. The van der Waals surface area contributed by atoms with Crippen LogP contribution < -0.4 is 5.32 Å². The molecule has 0 spiro atoms. The minimum absolute atomic E-state index is 0.0575. The number of nitrogens with one attached hydrogen (secondary N) is 1. The Balaban J connectivity index is 3.05. The van der Waals surface area contributed by atoms with Crippen molar-refractivity contribution in [2.75, 3.05) is 7.11 Å². The minimum Gasteiger partial charge on any atom is -0.499 e. The molecule has 0 aromatic heterocycles. The molecule has 2 atom stereocenters. The molecule has 0 bridgehead atoms. The van der Waals surface area contributed by atoms with E-state index in [2.05, 4.69) is 5.32 Å². The number of carbonyl (C=O) groups excluding carboxylic acids is 3. The molecule has 6 nitrogen and oxygen atoms in total. The van der Waals surface area contributed by atoms with E-state index in [4.69, 9.17) is 39.5 Å². The molecule has 3 amide bonds. The summed E-state index contributed by atoms with van der Waals surface area (Å²) in [6.45, 7) is 5.83. The number of hydrogen-bond acceptors (Lipinski definition) is 4. The number of carbonyl (C=O) groups is 3. The highest BCUT2D eigenvalue weighted by Crippen LogP contribution is 2.33. The molecule has 9 heteroatoms. The van der Waals surface area contributed by atoms with E-state index in [1.807, 2.05) is 20.8 Å². The van der Waals surface area contributed by atoms with E-state index in [-0.39, 0.29) is 31.1 Å². The summed E-state index contributed by atoms with van der Waals surface area (Å²) in [5.74, 6) is -0.614. The van der Waals surface area contributed by atoms with Crippen molar-refractivity contribution in [3.8, 4) is 0 Å². The Labute approximate surface area is 175 Å². The molecule has 154 valence electrons. The van der Waals surface area contributed by atoms with Gasteiger partial charge in [-0.15, -0.1) is 0 Å². The molecule has 0 saturated heterocycles. The second-order valence-electron chi connectivity index (χ2n) is 6.97. The smallest absolute Gasteiger partial charge is 0.257 e. The van der Waals surface area contributed by atoms with Crippen LogP contribution in [-0.2, 0) is 19.1 Å². The van der Waals surface area contributed by atoms with E-state index < -0.39 is 27.7 Å². The molecule has 0 aromatic rings. The molecule has 0 radical (unpaired) electrons. The predicted molar refractivity (Wildman–Crippen MR) is 107 cm³/mol. The van der Waals surface area contributed by atoms with Gasteiger partial charge >= 0.3 is 0 Å². The van der Waals surface area contributed by atoms with Crippen LogP contribution in [0.2, 0.25) is 0 Å². The highest BCUT2D eigenvalue weighted by molar-refractivity contribution is 6.67. The molecule has 27 heavy (non-hydrogen) atoms. The van der Waals surface area contributed by atoms with Crippen LogP contribution in [0.1, 0.15) is 52.9 Å². The zero-order valence-corrected chi connectivity index (χ0v) is 18.3. The highest BCUT2D eigenvalue weighted by atomic mass is 35.6. The SMILES string of the molecule is CCCC(=O)NC(CCC(Cl)(Cl)Cl)C(=O)N1C(=O)C=C(OC)C1CC(C)C. The van der Waals surface area contributed by atoms with Gasteiger partial charge in [0.05, 0.1) is 13.2 Å². The van der Waals surface area contributed by atoms with Gasteiger partial charge in [0.15, 0.2) is 3.79 Å². The average Bonchev–Trinajstić information content (AvgIpc) is 2.85. The normalized spacial score (nSPS) is 18.5. The van der Waals surface area contributed by atoms with Crippen LogP contribution in [0, 0.1) is 5.92 Å². The second-order valence-corrected chi connectivity index (χ2v) is 9.48. The average molecular weight is 442 g/mol. The number of hydrogen-bond donors (Lipinski definition) is 1. The van der Waals surface area contributed by atoms with Crippen LogP contribution in [0.4, 0.5) is 0 Å². The van der Waals surface area contributed by atoms with Crippen LogP contribution in [-0.4, -0.2) is 45.6 Å². The van der Waals surface area contributed by atoms with Gasteiger partial charge in [-0.3, -0.25) is 19.3 Å². The van der Waals surface area contributed by atoms with Crippen molar-refractivity contribution >= 4 is 52.5 Å². The lowest BCUT2D eigenvalue weighted by atomic mass is 10.0. The van der Waals surface area contributed by atoms with E-state index in [9.17, 15) is 14.4 Å². The van der Waals surface area contributed by atoms with Crippen molar-refractivity contribution in [2.45, 2.75) is 68.8 Å². The van der Waals surface area contributed by atoms with Crippen LogP contribution >= 0.6 is 34.8 Å². The maximum absolute atomic E-state index is 13.1. The first-order chi connectivity index (χ1) is 12.5. The van der Waals surface area contributed by atoms with Crippen LogP contribution in [0.3, 0.4) is 0 Å². The van der Waals surface area contributed by atoms with Crippen molar-refractivity contribution in [1.82, 2.24) is 10.2 Å². The zero-order chi connectivity index (χ0) is 20.8. The third kappa shape index (κ3) is 7.51. The van der Waals surface area contributed by atoms with Gasteiger partial charge in [-0.05, 0) is 31.6 Å². The van der Waals surface area contributed by atoms with Gasteiger partial charge in [-0.1, -0.05) is 55.6 Å². The Morgan fingerprint density at radius 1 is 1.33 bits per heavy atom. The number of ether oxygens (including phenoxy) is 1. The van der Waals surface area contributed by atoms with Crippen LogP contribution in [0.15, 0.2) is 11.8 Å². The van der Waals surface area contributed by atoms with Crippen molar-refractivity contribution in [1.29, 1.82) is 0 Å². The number of imide groups is 1. The van der Waals surface area contributed by atoms with Gasteiger partial charge in [0, 0.05) is 12.5 Å². The lowest BCUT2D eigenvalue weighted by Gasteiger charge is -2.30. The number of amides is 3. The Hall–Kier alpha value is -0.980. The molecular weight excluding hydrogens is 415 g/mol. The van der Waals surface area contributed by atoms with E-state index >= 15 is 0 Å². The van der Waals surface area contributed by atoms with Gasteiger partial charge in [0.1, 0.15) is 11.8 Å². The summed E-state index contributed by atoms with van der Waals surface area (Å²) >= 11 is 17.4. The Bertz CT molecular complexity index is 588. The molecule has 2 unspecified atom stereocenters. The van der Waals surface area contributed by atoms with Crippen molar-refractivity contribution in [2.24, 2.45) is 5.92 Å². The fourth-order valence-electron chi connectivity index (χ4n) is 2.92. The van der Waals surface area contributed by atoms with Gasteiger partial charge < -0.3 is 10.1 Å². The summed E-state index contributed by atoms with van der Waals surface area (Å²) in [7, 11) is 1.46. The largest absolute Gasteiger partial charge is 0.499 e. The maximum Gasteiger partial charge on any atom is 0.257 e. The lowest BCUT2D eigenvalue weighted by molar-refractivity contribution is -0.146. The maximum atomic E-state index is 13.1. The summed E-state index contributed by atoms with van der Waals surface area (Å²) in [5, 5.41) is 2.67. The molecule has 0 aromatic carbocycles. The van der Waals surface area contributed by atoms with Crippen LogP contribution in [0.25, 0.3) is 0 Å². The summed E-state index contributed by atoms with van der Waals surface area (Å²) < 4.78 is 3.73. The summed E-state index contributed by atoms with van der Waals surface area (Å²) in [4.78, 5) is 38.8. The van der Waals surface area contributed by atoms with Gasteiger partial charge in [-0.2, -0.15) is 0 Å². The molecule has 1 aliphatic rings. The summed E-state index contributed by atoms with van der Waals surface area (Å²) in [6, 6.07) is -1.46. The van der Waals surface area contributed by atoms with Gasteiger partial charge in [-0.25, -0.2) is 0 Å². The van der Waals surface area contributed by atoms with Crippen molar-refractivity contribution in [3.63, 3.8) is 0 Å². The fourth-order valence-corrected chi connectivity index (χ4v) is 3.25. The number of methoxy groups -OCH3 is 1. The van der Waals surface area contributed by atoms with E-state index in [0.717, 1.165) is 4.90 Å². The first-order valence-electron chi connectivity index (χ1n) is 8.98. The third-order valence-corrected chi connectivity index (χ3v) is 4.70. The lowest BCUT2D eigenvalue weighted by Crippen LogP contribution is -2.52. The number of halogens is 3. The molecule has 0 aliphatic carbocycles. The van der Waals surface area contributed by atoms with E-state index in [1.165, 1.54) is 13.2 Å². The molecule has 1 rings (SSSR count). The molecule has 0 saturated carbocycles. The Kier molecular flexibility index (Phi) is 9.39. The van der Waals surface area contributed by atoms with Gasteiger partial charge in [0.25, 0.3) is 11.8 Å². The minimum atomic E-state index is -1.56. The Morgan fingerprint density at radius 3 is 2.44 bits per heavy atom. The quantitative estimate of drug-likeness (QED) is 0.553. The predicted octanol–water partition coefficient (Wildman–Crippen LogP) is 3.74. The molecular formula is C18H27Cl3N2O4. The third-order valence-electron chi connectivity index (χ3n) is 4.14. The topological polar surface area (TPSA) is 75.7 Å². The van der Waals surface area contributed by atoms with E-state index in [1.54, 1.807) is 0 Å². The van der Waals surface area contributed by atoms with E-state index in [0.29, 0.717) is 18.6 Å². The molecule has 1 aliphatic heterocycles.